The van der Waals surface area contributed by atoms with Crippen LogP contribution in [0.1, 0.15) is 60.9 Å². The van der Waals surface area contributed by atoms with Gasteiger partial charge in [-0.15, -0.1) is 0 Å². The molecule has 2 fully saturated rings. The number of nitrogens with zero attached hydrogens (tertiary/aromatic N) is 5. The van der Waals surface area contributed by atoms with E-state index in [1.54, 1.807) is 0 Å². The van der Waals surface area contributed by atoms with E-state index in [0.717, 1.165) is 77.1 Å². The predicted molar refractivity (Wildman–Crippen MR) is 135 cm³/mol. The minimum Gasteiger partial charge on any atom is -0.379 e. The number of carbonyl (C=O) groups is 1. The highest BCUT2D eigenvalue weighted by molar-refractivity contribution is 6.06. The first-order valence-corrected chi connectivity index (χ1v) is 13.2. The molecule has 1 saturated carbocycles. The average molecular weight is 530 g/mol. The minimum absolute atomic E-state index is 0.239. The monoisotopic (exact) mass is 529 g/mol. The Morgan fingerprint density at radius 2 is 1.92 bits per heavy atom. The van der Waals surface area contributed by atoms with Crippen molar-refractivity contribution in [3.05, 3.63) is 41.2 Å². The molecule has 1 aliphatic carbocycles. The highest BCUT2D eigenvalue weighted by Gasteiger charge is 2.39. The summed E-state index contributed by atoms with van der Waals surface area (Å²) in [5.41, 5.74) is 0.627. The molecule has 0 bridgehead atoms. The van der Waals surface area contributed by atoms with E-state index in [9.17, 15) is 18.0 Å². The highest BCUT2D eigenvalue weighted by Crippen LogP contribution is 2.42. The molecular formula is C26H30F3N7O2. The molecule has 1 atom stereocenters. The summed E-state index contributed by atoms with van der Waals surface area (Å²) in [6.07, 6.45) is 2.43. The van der Waals surface area contributed by atoms with E-state index in [1.165, 1.54) is 6.07 Å². The Bertz CT molecular complexity index is 1330. The van der Waals surface area contributed by atoms with Gasteiger partial charge in [-0.1, -0.05) is 12.8 Å². The summed E-state index contributed by atoms with van der Waals surface area (Å²) in [6.45, 7) is 4.79. The van der Waals surface area contributed by atoms with Gasteiger partial charge >= 0.3 is 6.18 Å². The minimum atomic E-state index is -4.52. The topological polar surface area (TPSA) is 97.2 Å². The van der Waals surface area contributed by atoms with E-state index in [2.05, 4.69) is 20.5 Å². The fourth-order valence-corrected chi connectivity index (χ4v) is 5.64. The van der Waals surface area contributed by atoms with Crippen LogP contribution in [0, 0.1) is 0 Å². The molecule has 0 radical (unpaired) electrons. The Labute approximate surface area is 217 Å². The molecule has 12 heteroatoms. The maximum absolute atomic E-state index is 13.5. The van der Waals surface area contributed by atoms with Crippen molar-refractivity contribution in [3.8, 4) is 0 Å². The van der Waals surface area contributed by atoms with Gasteiger partial charge in [-0.2, -0.15) is 23.3 Å². The molecule has 9 nitrogen and oxygen atoms in total. The number of amides is 1. The number of hydrogen-bond acceptors (Lipinski definition) is 7. The van der Waals surface area contributed by atoms with Gasteiger partial charge in [0.25, 0.3) is 0 Å². The van der Waals surface area contributed by atoms with E-state index in [4.69, 9.17) is 14.8 Å². The molecule has 3 aromatic rings. The lowest BCUT2D eigenvalue weighted by Gasteiger charge is -2.26. The van der Waals surface area contributed by atoms with Crippen molar-refractivity contribution < 1.29 is 22.7 Å². The van der Waals surface area contributed by atoms with Crippen LogP contribution in [0.3, 0.4) is 0 Å². The van der Waals surface area contributed by atoms with Crippen LogP contribution >= 0.6 is 0 Å². The quantitative estimate of drug-likeness (QED) is 0.443. The second kappa shape index (κ2) is 10.1. The average Bonchev–Trinajstić information content (AvgIpc) is 3.64. The van der Waals surface area contributed by atoms with Gasteiger partial charge in [0.1, 0.15) is 5.92 Å². The fraction of sp³-hybridized carbons (Fsp3) is 0.538. The Balaban J connectivity index is 1.33. The molecule has 0 spiro atoms. The van der Waals surface area contributed by atoms with Crippen LogP contribution in [0.25, 0.3) is 11.0 Å². The van der Waals surface area contributed by atoms with Gasteiger partial charge in [0.15, 0.2) is 5.65 Å². The largest absolute Gasteiger partial charge is 0.416 e. The van der Waals surface area contributed by atoms with E-state index in [0.29, 0.717) is 34.9 Å². The van der Waals surface area contributed by atoms with Crippen molar-refractivity contribution >= 4 is 28.6 Å². The summed E-state index contributed by atoms with van der Waals surface area (Å²) < 4.78 is 47.8. The number of fused-ring (bicyclic) bond motifs is 2. The summed E-state index contributed by atoms with van der Waals surface area (Å²) in [5, 5.41) is 11.3. The van der Waals surface area contributed by atoms with Crippen LogP contribution in [-0.4, -0.2) is 69.9 Å². The third-order valence-electron chi connectivity index (χ3n) is 7.65. The first-order chi connectivity index (χ1) is 18.4. The lowest BCUT2D eigenvalue weighted by atomic mass is 9.93. The van der Waals surface area contributed by atoms with Gasteiger partial charge in [0.05, 0.1) is 35.9 Å². The van der Waals surface area contributed by atoms with Gasteiger partial charge in [-0.3, -0.25) is 14.4 Å². The zero-order chi connectivity index (χ0) is 26.3. The first kappa shape index (κ1) is 25.1. The molecule has 6 rings (SSSR count). The van der Waals surface area contributed by atoms with Crippen molar-refractivity contribution in [1.29, 1.82) is 0 Å². The molecular weight excluding hydrogens is 499 g/mol. The van der Waals surface area contributed by atoms with Crippen molar-refractivity contribution in [2.75, 3.05) is 50.0 Å². The van der Waals surface area contributed by atoms with Crippen molar-refractivity contribution in [1.82, 2.24) is 24.6 Å². The van der Waals surface area contributed by atoms with Crippen LogP contribution in [-0.2, 0) is 15.7 Å². The fourth-order valence-electron chi connectivity index (χ4n) is 5.64. The molecule has 1 unspecified atom stereocenters. The number of aromatic nitrogens is 4. The standard InChI is InChI=1S/C26H30F3N7O2/c27-26(28,29)16-6-7-20-18(14-16)21(24(37)31-20)22-19-15-36(17-4-1-2-5-17)34-23(19)33-25(32-22)30-8-3-9-35-10-12-38-13-11-35/h6-7,14-15,17,21H,1-5,8-13H2,(H,31,37)(H,30,33,34). The maximum atomic E-state index is 13.5. The third kappa shape index (κ3) is 4.94. The molecule has 4 heterocycles. The van der Waals surface area contributed by atoms with Crippen LogP contribution in [0.4, 0.5) is 24.8 Å². The molecule has 1 amide bonds. The summed E-state index contributed by atoms with van der Waals surface area (Å²) in [7, 11) is 0. The third-order valence-corrected chi connectivity index (χ3v) is 7.65. The summed E-state index contributed by atoms with van der Waals surface area (Å²) in [4.78, 5) is 24.8. The molecule has 2 aromatic heterocycles. The number of morpholine rings is 1. The van der Waals surface area contributed by atoms with Crippen molar-refractivity contribution in [2.45, 2.75) is 50.2 Å². The predicted octanol–water partition coefficient (Wildman–Crippen LogP) is 4.18. The number of carbonyl (C=O) groups excluding carboxylic acids is 1. The number of ether oxygens (including phenoxy) is 1. The van der Waals surface area contributed by atoms with Gasteiger partial charge < -0.3 is 15.4 Å². The van der Waals surface area contributed by atoms with Crippen molar-refractivity contribution in [2.24, 2.45) is 0 Å². The summed E-state index contributed by atoms with van der Waals surface area (Å²) >= 11 is 0. The zero-order valence-electron chi connectivity index (χ0n) is 20.9. The number of alkyl halides is 3. The normalized spacial score (nSPS) is 20.7. The molecule has 2 aliphatic heterocycles. The Morgan fingerprint density at radius 1 is 1.13 bits per heavy atom. The molecule has 38 heavy (non-hydrogen) atoms. The second-order valence-corrected chi connectivity index (χ2v) is 10.2. The molecule has 202 valence electrons. The van der Waals surface area contributed by atoms with Crippen molar-refractivity contribution in [3.63, 3.8) is 0 Å². The number of nitrogens with one attached hydrogen (secondary N) is 2. The molecule has 3 aliphatic rings. The van der Waals surface area contributed by atoms with Gasteiger partial charge in [0, 0.05) is 31.5 Å². The number of anilines is 2. The van der Waals surface area contributed by atoms with Gasteiger partial charge in [0.2, 0.25) is 11.9 Å². The van der Waals surface area contributed by atoms with Crippen LogP contribution in [0.2, 0.25) is 0 Å². The smallest absolute Gasteiger partial charge is 0.379 e. The summed E-state index contributed by atoms with van der Waals surface area (Å²) in [6, 6.07) is 3.57. The van der Waals surface area contributed by atoms with Gasteiger partial charge in [-0.25, -0.2) is 4.98 Å². The number of rotatable bonds is 7. The maximum Gasteiger partial charge on any atom is 0.416 e. The van der Waals surface area contributed by atoms with E-state index in [-0.39, 0.29) is 11.6 Å². The molecule has 1 saturated heterocycles. The van der Waals surface area contributed by atoms with Gasteiger partial charge in [-0.05, 0) is 49.6 Å². The Kier molecular flexibility index (Phi) is 6.68. The summed E-state index contributed by atoms with van der Waals surface area (Å²) in [5.74, 6) is -1.08. The SMILES string of the molecule is O=C1Nc2ccc(C(F)(F)F)cc2C1c1nc(NCCCN2CCOCC2)nc2nn(C3CCCC3)cc12. The number of hydrogen-bond donors (Lipinski definition) is 2. The first-order valence-electron chi connectivity index (χ1n) is 13.2. The Hall–Kier alpha value is -3.25. The Morgan fingerprint density at radius 3 is 2.68 bits per heavy atom. The van der Waals surface area contributed by atoms with Crippen LogP contribution in [0.15, 0.2) is 24.4 Å². The second-order valence-electron chi connectivity index (χ2n) is 10.2. The number of benzene rings is 1. The lowest BCUT2D eigenvalue weighted by molar-refractivity contribution is -0.137. The lowest BCUT2D eigenvalue weighted by Crippen LogP contribution is -2.37. The highest BCUT2D eigenvalue weighted by atomic mass is 19.4. The van der Waals surface area contributed by atoms with E-state index >= 15 is 0 Å². The number of halogens is 3. The van der Waals surface area contributed by atoms with Crippen LogP contribution in [0.5, 0.6) is 0 Å². The van der Waals surface area contributed by atoms with E-state index in [1.807, 2.05) is 10.9 Å². The zero-order valence-corrected chi connectivity index (χ0v) is 20.9. The van der Waals surface area contributed by atoms with E-state index < -0.39 is 23.6 Å². The van der Waals surface area contributed by atoms with Crippen LogP contribution < -0.4 is 10.6 Å². The molecule has 2 N–H and O–H groups in total. The molecule has 1 aromatic carbocycles.